The molecule has 0 heterocycles. The number of nitrogens with one attached hydrogen (secondary N) is 1. The van der Waals surface area contributed by atoms with Crippen LogP contribution in [-0.4, -0.2) is 5.91 Å². The number of carbonyl (C=O) groups excluding carboxylic acids is 1. The van der Waals surface area contributed by atoms with Crippen molar-refractivity contribution in [1.29, 1.82) is 5.26 Å². The van der Waals surface area contributed by atoms with Crippen LogP contribution in [0.2, 0.25) is 15.1 Å². The molecule has 0 radical (unpaired) electrons. The highest BCUT2D eigenvalue weighted by Gasteiger charge is 2.12. The van der Waals surface area contributed by atoms with Crippen LogP contribution in [0.15, 0.2) is 72.3 Å². The number of nitriles is 1. The lowest BCUT2D eigenvalue weighted by molar-refractivity contribution is -0.112. The van der Waals surface area contributed by atoms with E-state index < -0.39 is 5.91 Å². The fraction of sp³-hybridized carbons (Fsp3) is 0.0435. The van der Waals surface area contributed by atoms with Crippen molar-refractivity contribution in [2.45, 2.75) is 6.61 Å². The van der Waals surface area contributed by atoms with Crippen molar-refractivity contribution in [2.24, 2.45) is 0 Å². The molecule has 0 aliphatic heterocycles. The Morgan fingerprint density at radius 3 is 2.47 bits per heavy atom. The Bertz CT molecular complexity index is 1140. The quantitative estimate of drug-likeness (QED) is 0.328. The van der Waals surface area contributed by atoms with Crippen molar-refractivity contribution < 1.29 is 9.53 Å². The van der Waals surface area contributed by atoms with Gasteiger partial charge in [0, 0.05) is 10.0 Å². The number of amides is 1. The van der Waals surface area contributed by atoms with Gasteiger partial charge >= 0.3 is 0 Å². The van der Waals surface area contributed by atoms with Gasteiger partial charge in [0.2, 0.25) is 0 Å². The molecule has 150 valence electrons. The number of ether oxygens (including phenoxy) is 1. The standard InChI is InChI=1S/C23H15Cl3N2O2/c24-18-6-4-15(5-7-18)14-30-20-3-1-2-16(11-20)10-17(13-27)23(29)28-22-12-19(25)8-9-21(22)26/h1-12H,14H2,(H,28,29)/b17-10+. The van der Waals surface area contributed by atoms with E-state index in [-0.39, 0.29) is 5.57 Å². The van der Waals surface area contributed by atoms with Crippen LogP contribution in [0.5, 0.6) is 5.75 Å². The minimum atomic E-state index is -0.589. The number of halogens is 3. The van der Waals surface area contributed by atoms with Crippen LogP contribution >= 0.6 is 34.8 Å². The van der Waals surface area contributed by atoms with E-state index >= 15 is 0 Å². The smallest absolute Gasteiger partial charge is 0.266 e. The lowest BCUT2D eigenvalue weighted by Gasteiger charge is -2.08. The summed E-state index contributed by atoms with van der Waals surface area (Å²) in [6.45, 7) is 0.364. The fourth-order valence-electron chi connectivity index (χ4n) is 2.54. The summed E-state index contributed by atoms with van der Waals surface area (Å²) in [5.74, 6) is 0.0171. The topological polar surface area (TPSA) is 62.1 Å². The van der Waals surface area contributed by atoms with Crippen LogP contribution in [0, 0.1) is 11.3 Å². The first-order valence-corrected chi connectivity index (χ1v) is 9.93. The Morgan fingerprint density at radius 1 is 1.00 bits per heavy atom. The largest absolute Gasteiger partial charge is 0.489 e. The number of rotatable bonds is 6. The average molecular weight is 458 g/mol. The molecule has 3 rings (SSSR count). The van der Waals surface area contributed by atoms with Gasteiger partial charge in [-0.05, 0) is 59.7 Å². The minimum Gasteiger partial charge on any atom is -0.489 e. The predicted molar refractivity (Wildman–Crippen MR) is 121 cm³/mol. The SMILES string of the molecule is N#C/C(=C\c1cccc(OCc2ccc(Cl)cc2)c1)C(=O)Nc1cc(Cl)ccc1Cl. The van der Waals surface area contributed by atoms with Gasteiger partial charge in [0.15, 0.2) is 0 Å². The summed E-state index contributed by atoms with van der Waals surface area (Å²) in [7, 11) is 0. The number of nitrogens with zero attached hydrogens (tertiary/aromatic N) is 1. The van der Waals surface area contributed by atoms with E-state index in [2.05, 4.69) is 5.32 Å². The van der Waals surface area contributed by atoms with Gasteiger partial charge < -0.3 is 10.1 Å². The first-order chi connectivity index (χ1) is 14.4. The summed E-state index contributed by atoms with van der Waals surface area (Å²) < 4.78 is 5.78. The van der Waals surface area contributed by atoms with Crippen LogP contribution in [0.3, 0.4) is 0 Å². The monoisotopic (exact) mass is 456 g/mol. The van der Waals surface area contributed by atoms with Crippen LogP contribution in [0.4, 0.5) is 5.69 Å². The first-order valence-electron chi connectivity index (χ1n) is 8.80. The third kappa shape index (κ3) is 6.01. The molecular formula is C23H15Cl3N2O2. The Morgan fingerprint density at radius 2 is 1.73 bits per heavy atom. The molecule has 0 aromatic heterocycles. The summed E-state index contributed by atoms with van der Waals surface area (Å²) in [5.41, 5.74) is 1.86. The van der Waals surface area contributed by atoms with Crippen LogP contribution in [-0.2, 0) is 11.4 Å². The maximum absolute atomic E-state index is 12.5. The van der Waals surface area contributed by atoms with Crippen molar-refractivity contribution in [3.8, 4) is 11.8 Å². The molecule has 3 aromatic rings. The molecular weight excluding hydrogens is 443 g/mol. The summed E-state index contributed by atoms with van der Waals surface area (Å²) >= 11 is 17.9. The Labute approximate surface area is 189 Å². The third-order valence-corrected chi connectivity index (χ3v) is 4.85. The molecule has 30 heavy (non-hydrogen) atoms. The highest BCUT2D eigenvalue weighted by atomic mass is 35.5. The van der Waals surface area contributed by atoms with Crippen molar-refractivity contribution in [1.82, 2.24) is 0 Å². The van der Waals surface area contributed by atoms with Gasteiger partial charge in [-0.1, -0.05) is 59.1 Å². The maximum Gasteiger partial charge on any atom is 0.266 e. The average Bonchev–Trinajstić information content (AvgIpc) is 2.74. The van der Waals surface area contributed by atoms with Gasteiger partial charge in [0.1, 0.15) is 24.0 Å². The maximum atomic E-state index is 12.5. The van der Waals surface area contributed by atoms with E-state index in [1.54, 1.807) is 48.5 Å². The van der Waals surface area contributed by atoms with Gasteiger partial charge in [-0.15, -0.1) is 0 Å². The van der Waals surface area contributed by atoms with Gasteiger partial charge in [0.05, 0.1) is 10.7 Å². The molecule has 0 unspecified atom stereocenters. The first kappa shape index (κ1) is 21.7. The van der Waals surface area contributed by atoms with E-state index in [4.69, 9.17) is 39.5 Å². The van der Waals surface area contributed by atoms with E-state index in [1.165, 1.54) is 12.1 Å². The molecule has 1 N–H and O–H groups in total. The van der Waals surface area contributed by atoms with Gasteiger partial charge in [-0.25, -0.2) is 0 Å². The lowest BCUT2D eigenvalue weighted by atomic mass is 10.1. The van der Waals surface area contributed by atoms with Crippen molar-refractivity contribution >= 4 is 52.5 Å². The number of anilines is 1. The summed E-state index contributed by atoms with van der Waals surface area (Å²) in [6, 6.07) is 21.0. The molecule has 4 nitrogen and oxygen atoms in total. The fourth-order valence-corrected chi connectivity index (χ4v) is 3.00. The van der Waals surface area contributed by atoms with E-state index in [9.17, 15) is 10.1 Å². The Hall–Kier alpha value is -2.97. The Balaban J connectivity index is 1.73. The highest BCUT2D eigenvalue weighted by molar-refractivity contribution is 6.36. The van der Waals surface area contributed by atoms with Crippen molar-refractivity contribution in [3.63, 3.8) is 0 Å². The molecule has 1 amide bonds. The summed E-state index contributed by atoms with van der Waals surface area (Å²) in [4.78, 5) is 12.5. The molecule has 0 fully saturated rings. The molecule has 0 aliphatic rings. The highest BCUT2D eigenvalue weighted by Crippen LogP contribution is 2.26. The van der Waals surface area contributed by atoms with E-state index in [0.29, 0.717) is 38.7 Å². The zero-order valence-electron chi connectivity index (χ0n) is 15.5. The molecule has 0 spiro atoms. The molecule has 3 aromatic carbocycles. The Kier molecular flexibility index (Phi) is 7.37. The third-order valence-electron chi connectivity index (χ3n) is 4.03. The number of hydrogen-bond acceptors (Lipinski definition) is 3. The van der Waals surface area contributed by atoms with Gasteiger partial charge in [-0.3, -0.25) is 4.79 Å². The van der Waals surface area contributed by atoms with Crippen LogP contribution in [0.1, 0.15) is 11.1 Å². The van der Waals surface area contributed by atoms with Crippen molar-refractivity contribution in [3.05, 3.63) is 98.5 Å². The predicted octanol–water partition coefficient (Wildman–Crippen LogP) is 6.77. The molecule has 0 bridgehead atoms. The van der Waals surface area contributed by atoms with Crippen molar-refractivity contribution in [2.75, 3.05) is 5.32 Å². The number of hydrogen-bond donors (Lipinski definition) is 1. The molecule has 0 saturated carbocycles. The second kappa shape index (κ2) is 10.2. The zero-order valence-corrected chi connectivity index (χ0v) is 17.8. The second-order valence-electron chi connectivity index (χ2n) is 6.24. The number of benzene rings is 3. The molecule has 0 atom stereocenters. The van der Waals surface area contributed by atoms with E-state index in [0.717, 1.165) is 5.56 Å². The normalized spacial score (nSPS) is 10.9. The van der Waals surface area contributed by atoms with Gasteiger partial charge in [-0.2, -0.15) is 5.26 Å². The van der Waals surface area contributed by atoms with Crippen LogP contribution in [0.25, 0.3) is 6.08 Å². The second-order valence-corrected chi connectivity index (χ2v) is 7.52. The number of carbonyl (C=O) groups is 1. The lowest BCUT2D eigenvalue weighted by Crippen LogP contribution is -2.13. The zero-order chi connectivity index (χ0) is 21.5. The minimum absolute atomic E-state index is 0.0825. The summed E-state index contributed by atoms with van der Waals surface area (Å²) in [6.07, 6.45) is 1.48. The summed E-state index contributed by atoms with van der Waals surface area (Å²) in [5, 5.41) is 13.4. The molecule has 0 aliphatic carbocycles. The van der Waals surface area contributed by atoms with Crippen LogP contribution < -0.4 is 10.1 Å². The van der Waals surface area contributed by atoms with E-state index in [1.807, 2.05) is 18.2 Å². The molecule has 7 heteroatoms. The molecule has 0 saturated heterocycles. The van der Waals surface area contributed by atoms with Gasteiger partial charge in [0.25, 0.3) is 5.91 Å².